The molecule has 9 heteroatoms. The van der Waals surface area contributed by atoms with Crippen LogP contribution in [0.15, 0.2) is 42.6 Å². The number of aromatic nitrogens is 3. The standard InChI is InChI=1S/C25H30N6O3/c1-29(2)10-15-34-22-17-19(6-8-26-22)31-9-7-21-23(18-4-3-5-20(32)16-18)27-25(28-24(21)31)30-11-13-33-14-12-30/h3-6,8,16-17,32H,7,9-15H2,1-2H3. The van der Waals surface area contributed by atoms with Gasteiger partial charge in [0.05, 0.1) is 18.9 Å². The number of phenolic OH excluding ortho intramolecular Hbond substituents is 1. The van der Waals surface area contributed by atoms with Gasteiger partial charge in [-0.3, -0.25) is 0 Å². The molecule has 5 rings (SSSR count). The van der Waals surface area contributed by atoms with Crippen LogP contribution in [-0.2, 0) is 11.2 Å². The summed E-state index contributed by atoms with van der Waals surface area (Å²) in [6.45, 7) is 4.98. The van der Waals surface area contributed by atoms with E-state index in [-0.39, 0.29) is 5.75 Å². The van der Waals surface area contributed by atoms with Gasteiger partial charge >= 0.3 is 0 Å². The summed E-state index contributed by atoms with van der Waals surface area (Å²) >= 11 is 0. The first-order chi connectivity index (χ1) is 16.6. The number of rotatable bonds is 7. The first-order valence-corrected chi connectivity index (χ1v) is 11.6. The Kier molecular flexibility index (Phi) is 6.46. The van der Waals surface area contributed by atoms with E-state index in [2.05, 4.69) is 19.7 Å². The van der Waals surface area contributed by atoms with Gasteiger partial charge in [0, 0.05) is 55.3 Å². The van der Waals surface area contributed by atoms with Gasteiger partial charge in [-0.05, 0) is 38.7 Å². The maximum Gasteiger partial charge on any atom is 0.228 e. The lowest BCUT2D eigenvalue weighted by molar-refractivity contribution is 0.122. The van der Waals surface area contributed by atoms with Crippen molar-refractivity contribution >= 4 is 17.5 Å². The zero-order chi connectivity index (χ0) is 23.5. The SMILES string of the molecule is CN(C)CCOc1cc(N2CCc3c(-c4cccc(O)c4)nc(N4CCOCC4)nc32)ccn1. The van der Waals surface area contributed by atoms with Gasteiger partial charge in [0.15, 0.2) is 0 Å². The number of pyridine rings is 1. The summed E-state index contributed by atoms with van der Waals surface area (Å²) in [4.78, 5) is 20.8. The molecule has 2 aliphatic heterocycles. The van der Waals surface area contributed by atoms with E-state index in [4.69, 9.17) is 19.4 Å². The molecule has 1 saturated heterocycles. The Morgan fingerprint density at radius 1 is 1.09 bits per heavy atom. The third-order valence-electron chi connectivity index (χ3n) is 6.05. The lowest BCUT2D eigenvalue weighted by Crippen LogP contribution is -2.37. The summed E-state index contributed by atoms with van der Waals surface area (Å²) in [5.41, 5.74) is 3.82. The van der Waals surface area contributed by atoms with E-state index in [0.717, 1.165) is 60.9 Å². The largest absolute Gasteiger partial charge is 0.508 e. The van der Waals surface area contributed by atoms with E-state index in [1.807, 2.05) is 38.4 Å². The van der Waals surface area contributed by atoms with Crippen LogP contribution in [0.4, 0.5) is 17.5 Å². The summed E-state index contributed by atoms with van der Waals surface area (Å²) < 4.78 is 11.4. The Labute approximate surface area is 199 Å². The van der Waals surface area contributed by atoms with Crippen molar-refractivity contribution in [3.05, 3.63) is 48.2 Å². The van der Waals surface area contributed by atoms with Crippen molar-refractivity contribution in [3.63, 3.8) is 0 Å². The fourth-order valence-corrected chi connectivity index (χ4v) is 4.27. The Morgan fingerprint density at radius 2 is 1.94 bits per heavy atom. The molecule has 1 aromatic carbocycles. The molecule has 2 aromatic heterocycles. The smallest absolute Gasteiger partial charge is 0.228 e. The van der Waals surface area contributed by atoms with Crippen LogP contribution in [0.2, 0.25) is 0 Å². The fraction of sp³-hybridized carbons (Fsp3) is 0.400. The van der Waals surface area contributed by atoms with Gasteiger partial charge in [0.25, 0.3) is 0 Å². The Morgan fingerprint density at radius 3 is 2.74 bits per heavy atom. The second-order valence-corrected chi connectivity index (χ2v) is 8.73. The van der Waals surface area contributed by atoms with Crippen LogP contribution in [-0.4, -0.2) is 85.1 Å². The number of likely N-dealkylation sites (N-methyl/N-ethyl adjacent to an activating group) is 1. The van der Waals surface area contributed by atoms with Crippen molar-refractivity contribution in [1.29, 1.82) is 0 Å². The monoisotopic (exact) mass is 462 g/mol. The number of hydrogen-bond acceptors (Lipinski definition) is 9. The van der Waals surface area contributed by atoms with Gasteiger partial charge in [-0.2, -0.15) is 4.98 Å². The number of anilines is 3. The fourth-order valence-electron chi connectivity index (χ4n) is 4.27. The molecule has 3 aromatic rings. The van der Waals surface area contributed by atoms with Crippen LogP contribution in [0.3, 0.4) is 0 Å². The van der Waals surface area contributed by atoms with Gasteiger partial charge in [-0.25, -0.2) is 9.97 Å². The van der Waals surface area contributed by atoms with Crippen molar-refractivity contribution < 1.29 is 14.6 Å². The summed E-state index contributed by atoms with van der Waals surface area (Å²) in [7, 11) is 4.04. The molecule has 34 heavy (non-hydrogen) atoms. The van der Waals surface area contributed by atoms with Gasteiger partial charge in [-0.1, -0.05) is 12.1 Å². The summed E-state index contributed by atoms with van der Waals surface area (Å²) in [6, 6.07) is 11.2. The third kappa shape index (κ3) is 4.76. The van der Waals surface area contributed by atoms with E-state index in [1.54, 1.807) is 18.3 Å². The highest BCUT2D eigenvalue weighted by atomic mass is 16.5. The molecule has 0 bridgehead atoms. The van der Waals surface area contributed by atoms with Crippen molar-refractivity contribution in [1.82, 2.24) is 19.9 Å². The highest BCUT2D eigenvalue weighted by Gasteiger charge is 2.29. The van der Waals surface area contributed by atoms with Crippen molar-refractivity contribution in [3.8, 4) is 22.9 Å². The molecule has 1 fully saturated rings. The summed E-state index contributed by atoms with van der Waals surface area (Å²) in [6.07, 6.45) is 2.58. The number of phenols is 1. The number of ether oxygens (including phenoxy) is 2. The number of aromatic hydroxyl groups is 1. The van der Waals surface area contributed by atoms with E-state index < -0.39 is 0 Å². The molecule has 0 saturated carbocycles. The minimum Gasteiger partial charge on any atom is -0.508 e. The predicted octanol–water partition coefficient (Wildman–Crippen LogP) is 2.72. The van der Waals surface area contributed by atoms with Gasteiger partial charge in [0.2, 0.25) is 11.8 Å². The van der Waals surface area contributed by atoms with Gasteiger partial charge in [-0.15, -0.1) is 0 Å². The van der Waals surface area contributed by atoms with E-state index in [9.17, 15) is 5.11 Å². The molecule has 9 nitrogen and oxygen atoms in total. The third-order valence-corrected chi connectivity index (χ3v) is 6.05. The van der Waals surface area contributed by atoms with Crippen LogP contribution >= 0.6 is 0 Å². The molecule has 0 aliphatic carbocycles. The topological polar surface area (TPSA) is 87.1 Å². The average molecular weight is 463 g/mol. The zero-order valence-electron chi connectivity index (χ0n) is 19.6. The highest BCUT2D eigenvalue weighted by Crippen LogP contribution is 2.40. The van der Waals surface area contributed by atoms with Crippen LogP contribution in [0.5, 0.6) is 11.6 Å². The lowest BCUT2D eigenvalue weighted by atomic mass is 10.1. The molecule has 1 N–H and O–H groups in total. The molecule has 2 aliphatic rings. The number of fused-ring (bicyclic) bond motifs is 1. The van der Waals surface area contributed by atoms with E-state index in [1.165, 1.54) is 0 Å². The van der Waals surface area contributed by atoms with Crippen LogP contribution in [0, 0.1) is 0 Å². The number of benzene rings is 1. The van der Waals surface area contributed by atoms with E-state index >= 15 is 0 Å². The molecule has 4 heterocycles. The predicted molar refractivity (Wildman–Crippen MR) is 131 cm³/mol. The minimum atomic E-state index is 0.223. The lowest BCUT2D eigenvalue weighted by Gasteiger charge is -2.28. The zero-order valence-corrected chi connectivity index (χ0v) is 19.6. The second-order valence-electron chi connectivity index (χ2n) is 8.73. The number of morpholine rings is 1. The van der Waals surface area contributed by atoms with Crippen LogP contribution in [0.1, 0.15) is 5.56 Å². The summed E-state index contributed by atoms with van der Waals surface area (Å²) in [5, 5.41) is 10.1. The number of nitrogens with zero attached hydrogens (tertiary/aromatic N) is 6. The molecule has 178 valence electrons. The second kappa shape index (κ2) is 9.82. The first kappa shape index (κ1) is 22.4. The average Bonchev–Trinajstić information content (AvgIpc) is 3.28. The van der Waals surface area contributed by atoms with E-state index in [0.29, 0.717) is 31.6 Å². The Bertz CT molecular complexity index is 1150. The van der Waals surface area contributed by atoms with Crippen molar-refractivity contribution in [2.24, 2.45) is 0 Å². The highest BCUT2D eigenvalue weighted by molar-refractivity contribution is 5.77. The Hall–Kier alpha value is -3.43. The first-order valence-electron chi connectivity index (χ1n) is 11.6. The molecular weight excluding hydrogens is 432 g/mol. The molecule has 0 radical (unpaired) electrons. The number of hydrogen-bond donors (Lipinski definition) is 1. The van der Waals surface area contributed by atoms with Crippen molar-refractivity contribution in [2.75, 3.05) is 69.9 Å². The molecule has 0 unspecified atom stereocenters. The quantitative estimate of drug-likeness (QED) is 0.569. The minimum absolute atomic E-state index is 0.223. The normalized spacial score (nSPS) is 15.6. The maximum atomic E-state index is 10.1. The van der Waals surface area contributed by atoms with Crippen LogP contribution in [0.25, 0.3) is 11.3 Å². The Balaban J connectivity index is 1.52. The molecule has 0 spiro atoms. The van der Waals surface area contributed by atoms with Gasteiger partial charge < -0.3 is 29.3 Å². The van der Waals surface area contributed by atoms with Crippen LogP contribution < -0.4 is 14.5 Å². The molecule has 0 amide bonds. The maximum absolute atomic E-state index is 10.1. The summed E-state index contributed by atoms with van der Waals surface area (Å²) in [5.74, 6) is 2.40. The molecular formula is C25H30N6O3. The van der Waals surface area contributed by atoms with Crippen molar-refractivity contribution in [2.45, 2.75) is 6.42 Å². The van der Waals surface area contributed by atoms with Gasteiger partial charge in [0.1, 0.15) is 18.2 Å². The molecule has 0 atom stereocenters.